The molecule has 1 saturated heterocycles. The average molecular weight is 345 g/mol. The molecule has 0 unspecified atom stereocenters. The molecule has 1 aliphatic rings. The molecule has 0 bridgehead atoms. The van der Waals surface area contributed by atoms with Gasteiger partial charge in [-0.3, -0.25) is 0 Å². The molecule has 1 heterocycles. The van der Waals surface area contributed by atoms with E-state index in [0.717, 1.165) is 56.1 Å². The Balaban J connectivity index is 1.96. The van der Waals surface area contributed by atoms with Gasteiger partial charge in [-0.15, -0.1) is 0 Å². The number of nitrogens with one attached hydrogen (secondary N) is 2. The third-order valence-electron chi connectivity index (χ3n) is 5.42. The van der Waals surface area contributed by atoms with E-state index in [9.17, 15) is 5.11 Å². The van der Waals surface area contributed by atoms with Crippen molar-refractivity contribution in [3.63, 3.8) is 0 Å². The minimum atomic E-state index is 0.374. The standard InChI is InChI=1S/C22H36N2O/c1-16(2)6-5-7-17(3)20-9-8-18(4)21(22(20)25)15-24-14-19-10-12-23-13-11-19/h6,8-9,17,19,23-25H,5,7,10-15H2,1-4H3/t17-/m0/s1. The van der Waals surface area contributed by atoms with Gasteiger partial charge in [-0.05, 0) is 89.1 Å². The van der Waals surface area contributed by atoms with E-state index in [1.54, 1.807) is 0 Å². The van der Waals surface area contributed by atoms with E-state index in [0.29, 0.717) is 11.7 Å². The van der Waals surface area contributed by atoms with Gasteiger partial charge in [-0.1, -0.05) is 30.7 Å². The summed E-state index contributed by atoms with van der Waals surface area (Å²) in [6.45, 7) is 12.7. The van der Waals surface area contributed by atoms with Crippen LogP contribution >= 0.6 is 0 Å². The van der Waals surface area contributed by atoms with E-state index in [2.05, 4.69) is 56.5 Å². The molecule has 2 rings (SSSR count). The van der Waals surface area contributed by atoms with E-state index in [4.69, 9.17) is 0 Å². The number of benzene rings is 1. The van der Waals surface area contributed by atoms with Gasteiger partial charge in [0.05, 0.1) is 0 Å². The summed E-state index contributed by atoms with van der Waals surface area (Å²) in [7, 11) is 0. The van der Waals surface area contributed by atoms with Crippen LogP contribution in [0.3, 0.4) is 0 Å². The second-order valence-corrected chi connectivity index (χ2v) is 7.88. The van der Waals surface area contributed by atoms with Gasteiger partial charge in [0.1, 0.15) is 5.75 Å². The smallest absolute Gasteiger partial charge is 0.123 e. The molecule has 0 aromatic heterocycles. The van der Waals surface area contributed by atoms with E-state index in [1.165, 1.54) is 24.0 Å². The number of phenolic OH excluding ortho intramolecular Hbond substituents is 1. The second-order valence-electron chi connectivity index (χ2n) is 7.88. The number of phenols is 1. The number of aromatic hydroxyl groups is 1. The highest BCUT2D eigenvalue weighted by molar-refractivity contribution is 5.46. The Bertz CT molecular complexity index is 570. The molecule has 1 aliphatic heterocycles. The number of hydrogen-bond acceptors (Lipinski definition) is 3. The Morgan fingerprint density at radius 3 is 2.72 bits per heavy atom. The first-order valence-corrected chi connectivity index (χ1v) is 9.85. The zero-order chi connectivity index (χ0) is 18.2. The third-order valence-corrected chi connectivity index (χ3v) is 5.42. The van der Waals surface area contributed by atoms with E-state index in [-0.39, 0.29) is 0 Å². The van der Waals surface area contributed by atoms with Crippen LogP contribution in [0, 0.1) is 12.8 Å². The van der Waals surface area contributed by atoms with Crippen molar-refractivity contribution in [2.45, 2.75) is 65.8 Å². The number of rotatable bonds is 8. The molecule has 3 heteroatoms. The fourth-order valence-electron chi connectivity index (χ4n) is 3.64. The first-order chi connectivity index (χ1) is 12.0. The van der Waals surface area contributed by atoms with Crippen molar-refractivity contribution < 1.29 is 5.11 Å². The van der Waals surface area contributed by atoms with Crippen molar-refractivity contribution in [1.82, 2.24) is 10.6 Å². The van der Waals surface area contributed by atoms with Crippen molar-refractivity contribution in [2.24, 2.45) is 5.92 Å². The SMILES string of the molecule is CC(C)=CCC[C@H](C)c1ccc(C)c(CNCC2CCNCC2)c1O. The molecule has 25 heavy (non-hydrogen) atoms. The summed E-state index contributed by atoms with van der Waals surface area (Å²) in [5.74, 6) is 1.64. The average Bonchev–Trinajstić information content (AvgIpc) is 2.58. The maximum Gasteiger partial charge on any atom is 0.123 e. The minimum Gasteiger partial charge on any atom is -0.507 e. The quantitative estimate of drug-likeness (QED) is 0.602. The van der Waals surface area contributed by atoms with Gasteiger partial charge in [0.15, 0.2) is 0 Å². The van der Waals surface area contributed by atoms with Gasteiger partial charge in [-0.2, -0.15) is 0 Å². The normalized spacial score (nSPS) is 16.6. The van der Waals surface area contributed by atoms with Crippen molar-refractivity contribution in [3.05, 3.63) is 40.5 Å². The highest BCUT2D eigenvalue weighted by Crippen LogP contribution is 2.33. The lowest BCUT2D eigenvalue weighted by atomic mass is 9.91. The number of hydrogen-bond donors (Lipinski definition) is 3. The van der Waals surface area contributed by atoms with Gasteiger partial charge in [0.2, 0.25) is 0 Å². The molecule has 0 saturated carbocycles. The molecule has 0 amide bonds. The summed E-state index contributed by atoms with van der Waals surface area (Å²) < 4.78 is 0. The Kier molecular flexibility index (Phi) is 7.98. The highest BCUT2D eigenvalue weighted by Gasteiger charge is 2.16. The number of aryl methyl sites for hydroxylation is 1. The van der Waals surface area contributed by atoms with E-state index in [1.807, 2.05) is 0 Å². The van der Waals surface area contributed by atoms with Crippen LogP contribution in [0.5, 0.6) is 5.75 Å². The number of allylic oxidation sites excluding steroid dienone is 2. The first-order valence-electron chi connectivity index (χ1n) is 9.85. The monoisotopic (exact) mass is 344 g/mol. The summed E-state index contributed by atoms with van der Waals surface area (Å²) in [4.78, 5) is 0. The lowest BCUT2D eigenvalue weighted by Crippen LogP contribution is -2.33. The molecule has 1 fully saturated rings. The van der Waals surface area contributed by atoms with Crippen LogP contribution in [-0.2, 0) is 6.54 Å². The predicted molar refractivity (Wildman–Crippen MR) is 107 cm³/mol. The summed E-state index contributed by atoms with van der Waals surface area (Å²) in [5, 5.41) is 17.8. The van der Waals surface area contributed by atoms with Crippen LogP contribution in [0.15, 0.2) is 23.8 Å². The van der Waals surface area contributed by atoms with Crippen molar-refractivity contribution >= 4 is 0 Å². The van der Waals surface area contributed by atoms with Gasteiger partial charge < -0.3 is 15.7 Å². The molecular formula is C22H36N2O. The molecule has 1 aromatic rings. The zero-order valence-electron chi connectivity index (χ0n) is 16.5. The second kappa shape index (κ2) is 9.98. The first kappa shape index (κ1) is 20.0. The summed E-state index contributed by atoms with van der Waals surface area (Å²) in [6.07, 6.45) is 6.92. The van der Waals surface area contributed by atoms with Gasteiger partial charge in [0, 0.05) is 12.1 Å². The summed E-state index contributed by atoms with van der Waals surface area (Å²) >= 11 is 0. The van der Waals surface area contributed by atoms with Gasteiger partial charge in [0.25, 0.3) is 0 Å². The molecule has 3 N–H and O–H groups in total. The Labute approximate surface area is 153 Å². The van der Waals surface area contributed by atoms with Crippen molar-refractivity contribution in [2.75, 3.05) is 19.6 Å². The van der Waals surface area contributed by atoms with Crippen LogP contribution in [0.25, 0.3) is 0 Å². The largest absolute Gasteiger partial charge is 0.507 e. The van der Waals surface area contributed by atoms with Gasteiger partial charge in [-0.25, -0.2) is 0 Å². The fourth-order valence-corrected chi connectivity index (χ4v) is 3.64. The zero-order valence-corrected chi connectivity index (χ0v) is 16.5. The molecule has 3 nitrogen and oxygen atoms in total. The Morgan fingerprint density at radius 1 is 1.32 bits per heavy atom. The Hall–Kier alpha value is -1.32. The molecule has 0 aliphatic carbocycles. The van der Waals surface area contributed by atoms with Crippen molar-refractivity contribution in [3.8, 4) is 5.75 Å². The van der Waals surface area contributed by atoms with Crippen LogP contribution in [0.4, 0.5) is 0 Å². The molecule has 140 valence electrons. The molecule has 0 spiro atoms. The minimum absolute atomic E-state index is 0.374. The van der Waals surface area contributed by atoms with E-state index >= 15 is 0 Å². The molecular weight excluding hydrogens is 308 g/mol. The summed E-state index contributed by atoms with van der Waals surface area (Å²) in [5.41, 5.74) is 4.70. The summed E-state index contributed by atoms with van der Waals surface area (Å²) in [6, 6.07) is 4.27. The van der Waals surface area contributed by atoms with Gasteiger partial charge >= 0.3 is 0 Å². The topological polar surface area (TPSA) is 44.3 Å². The van der Waals surface area contributed by atoms with Crippen LogP contribution in [-0.4, -0.2) is 24.7 Å². The molecule has 0 radical (unpaired) electrons. The fraction of sp³-hybridized carbons (Fsp3) is 0.636. The highest BCUT2D eigenvalue weighted by atomic mass is 16.3. The van der Waals surface area contributed by atoms with Crippen LogP contribution < -0.4 is 10.6 Å². The maximum atomic E-state index is 10.8. The van der Waals surface area contributed by atoms with Crippen molar-refractivity contribution in [1.29, 1.82) is 0 Å². The molecule has 1 atom stereocenters. The Morgan fingerprint density at radius 2 is 2.04 bits per heavy atom. The lowest BCUT2D eigenvalue weighted by Gasteiger charge is -2.23. The lowest BCUT2D eigenvalue weighted by molar-refractivity contribution is 0.354. The van der Waals surface area contributed by atoms with Crippen LogP contribution in [0.1, 0.15) is 69.1 Å². The number of piperidine rings is 1. The maximum absolute atomic E-state index is 10.8. The molecule has 1 aromatic carbocycles. The van der Waals surface area contributed by atoms with E-state index < -0.39 is 0 Å². The third kappa shape index (κ3) is 6.16. The predicted octanol–water partition coefficient (Wildman–Crippen LogP) is 4.64. The van der Waals surface area contributed by atoms with Crippen LogP contribution in [0.2, 0.25) is 0 Å².